The Morgan fingerprint density at radius 1 is 0.943 bits per heavy atom. The van der Waals surface area contributed by atoms with Crippen LogP contribution in [0.5, 0.6) is 17.4 Å². The van der Waals surface area contributed by atoms with Crippen molar-refractivity contribution in [2.24, 2.45) is 0 Å². The molecule has 1 unspecified atom stereocenters. The third kappa shape index (κ3) is 5.38. The fourth-order valence-corrected chi connectivity index (χ4v) is 3.89. The van der Waals surface area contributed by atoms with Crippen molar-refractivity contribution < 1.29 is 14.3 Å². The number of nitrogens with zero attached hydrogens (tertiary/aromatic N) is 3. The van der Waals surface area contributed by atoms with E-state index in [9.17, 15) is 4.79 Å². The van der Waals surface area contributed by atoms with Crippen molar-refractivity contribution in [1.29, 1.82) is 0 Å². The van der Waals surface area contributed by atoms with E-state index in [-0.39, 0.29) is 11.9 Å². The standard InChI is InChI=1S/C29H31N3O3/c1-5-21(2)31(28(33)23-16-18-25(34-4)19-17-23)20-27-22(3)30-32(24-12-8-6-9-13-24)29(27)35-26-14-10-7-11-15-26/h6-19,21H,5,20H2,1-4H3. The Labute approximate surface area is 206 Å². The highest BCUT2D eigenvalue weighted by Gasteiger charge is 2.27. The summed E-state index contributed by atoms with van der Waals surface area (Å²) in [6.07, 6.45) is 0.822. The molecule has 0 aliphatic heterocycles. The molecular formula is C29H31N3O3. The Hall–Kier alpha value is -4.06. The summed E-state index contributed by atoms with van der Waals surface area (Å²) < 4.78 is 13.5. The van der Waals surface area contributed by atoms with E-state index in [0.29, 0.717) is 23.7 Å². The number of aromatic nitrogens is 2. The topological polar surface area (TPSA) is 56.6 Å². The molecule has 0 bridgehead atoms. The summed E-state index contributed by atoms with van der Waals surface area (Å²) in [6.45, 7) is 6.48. The maximum absolute atomic E-state index is 13.6. The number of hydrogen-bond donors (Lipinski definition) is 0. The molecule has 0 N–H and O–H groups in total. The van der Waals surface area contributed by atoms with Gasteiger partial charge in [-0.3, -0.25) is 4.79 Å². The highest BCUT2D eigenvalue weighted by Crippen LogP contribution is 2.32. The van der Waals surface area contributed by atoms with Gasteiger partial charge in [-0.25, -0.2) is 4.68 Å². The molecule has 35 heavy (non-hydrogen) atoms. The number of amides is 1. The minimum Gasteiger partial charge on any atom is -0.497 e. The molecule has 0 radical (unpaired) electrons. The first-order chi connectivity index (χ1) is 17.0. The van der Waals surface area contributed by atoms with E-state index in [2.05, 4.69) is 13.8 Å². The quantitative estimate of drug-likeness (QED) is 0.284. The molecule has 3 aromatic carbocycles. The molecule has 0 aliphatic rings. The molecule has 0 spiro atoms. The third-order valence-electron chi connectivity index (χ3n) is 6.14. The van der Waals surface area contributed by atoms with Crippen LogP contribution in [0.4, 0.5) is 0 Å². The summed E-state index contributed by atoms with van der Waals surface area (Å²) in [4.78, 5) is 15.5. The number of carbonyl (C=O) groups is 1. The van der Waals surface area contributed by atoms with E-state index >= 15 is 0 Å². The fraction of sp³-hybridized carbons (Fsp3) is 0.241. The van der Waals surface area contributed by atoms with Crippen LogP contribution in [0.3, 0.4) is 0 Å². The Bertz CT molecular complexity index is 1250. The zero-order valence-electron chi connectivity index (χ0n) is 20.6. The molecule has 4 aromatic rings. The van der Waals surface area contributed by atoms with Gasteiger partial charge in [0.05, 0.1) is 30.6 Å². The molecule has 1 atom stereocenters. The van der Waals surface area contributed by atoms with Crippen molar-refractivity contribution in [3.05, 3.63) is 102 Å². The van der Waals surface area contributed by atoms with Crippen molar-refractivity contribution >= 4 is 5.91 Å². The van der Waals surface area contributed by atoms with Gasteiger partial charge in [-0.2, -0.15) is 5.10 Å². The smallest absolute Gasteiger partial charge is 0.254 e. The molecule has 1 aromatic heterocycles. The summed E-state index contributed by atoms with van der Waals surface area (Å²) >= 11 is 0. The van der Waals surface area contributed by atoms with E-state index in [1.807, 2.05) is 89.3 Å². The second-order valence-electron chi connectivity index (χ2n) is 8.45. The molecule has 1 heterocycles. The second kappa shape index (κ2) is 10.9. The number of benzene rings is 3. The largest absolute Gasteiger partial charge is 0.497 e. The van der Waals surface area contributed by atoms with Gasteiger partial charge >= 0.3 is 0 Å². The highest BCUT2D eigenvalue weighted by molar-refractivity contribution is 5.94. The Balaban J connectivity index is 1.75. The summed E-state index contributed by atoms with van der Waals surface area (Å²) in [5, 5.41) is 4.81. The molecule has 0 saturated carbocycles. The van der Waals surface area contributed by atoms with E-state index in [4.69, 9.17) is 14.6 Å². The average Bonchev–Trinajstić information content (AvgIpc) is 3.21. The van der Waals surface area contributed by atoms with Crippen LogP contribution in [0.15, 0.2) is 84.9 Å². The summed E-state index contributed by atoms with van der Waals surface area (Å²) in [5.41, 5.74) is 3.20. The van der Waals surface area contributed by atoms with Crippen molar-refractivity contribution in [2.45, 2.75) is 39.8 Å². The van der Waals surface area contributed by atoms with Gasteiger partial charge in [0.1, 0.15) is 11.5 Å². The summed E-state index contributed by atoms with van der Waals surface area (Å²) in [5.74, 6) is 1.99. The number of para-hydroxylation sites is 2. The first-order valence-corrected chi connectivity index (χ1v) is 11.8. The number of aryl methyl sites for hydroxylation is 1. The fourth-order valence-electron chi connectivity index (χ4n) is 3.89. The second-order valence-corrected chi connectivity index (χ2v) is 8.45. The number of carbonyl (C=O) groups excluding carboxylic acids is 1. The van der Waals surface area contributed by atoms with Crippen molar-refractivity contribution in [1.82, 2.24) is 14.7 Å². The van der Waals surface area contributed by atoms with Gasteiger partial charge in [-0.15, -0.1) is 0 Å². The summed E-state index contributed by atoms with van der Waals surface area (Å²) in [6, 6.07) is 26.8. The van der Waals surface area contributed by atoms with Crippen LogP contribution < -0.4 is 9.47 Å². The lowest BCUT2D eigenvalue weighted by atomic mass is 10.1. The lowest BCUT2D eigenvalue weighted by molar-refractivity contribution is 0.0670. The summed E-state index contributed by atoms with van der Waals surface area (Å²) in [7, 11) is 1.61. The van der Waals surface area contributed by atoms with E-state index in [1.54, 1.807) is 19.2 Å². The zero-order valence-corrected chi connectivity index (χ0v) is 20.6. The van der Waals surface area contributed by atoms with Crippen molar-refractivity contribution in [3.8, 4) is 23.1 Å². The van der Waals surface area contributed by atoms with Crippen LogP contribution in [-0.4, -0.2) is 33.7 Å². The van der Waals surface area contributed by atoms with Gasteiger partial charge in [-0.1, -0.05) is 43.3 Å². The lowest BCUT2D eigenvalue weighted by Gasteiger charge is -2.29. The molecule has 4 rings (SSSR count). The highest BCUT2D eigenvalue weighted by atomic mass is 16.5. The number of hydrogen-bond acceptors (Lipinski definition) is 4. The first kappa shape index (κ1) is 24.1. The Kier molecular flexibility index (Phi) is 7.51. The maximum atomic E-state index is 13.6. The molecule has 0 saturated heterocycles. The number of rotatable bonds is 9. The van der Waals surface area contributed by atoms with Gasteiger partial charge in [0.25, 0.3) is 5.91 Å². The van der Waals surface area contributed by atoms with E-state index in [0.717, 1.165) is 29.1 Å². The average molecular weight is 470 g/mol. The van der Waals surface area contributed by atoms with Crippen LogP contribution in [-0.2, 0) is 6.54 Å². The molecule has 6 nitrogen and oxygen atoms in total. The van der Waals surface area contributed by atoms with Gasteiger partial charge in [0, 0.05) is 11.6 Å². The van der Waals surface area contributed by atoms with Gasteiger partial charge < -0.3 is 14.4 Å². The molecule has 0 aliphatic carbocycles. The predicted molar refractivity (Wildman–Crippen MR) is 137 cm³/mol. The number of methoxy groups -OCH3 is 1. The van der Waals surface area contributed by atoms with E-state index in [1.165, 1.54) is 0 Å². The monoisotopic (exact) mass is 469 g/mol. The Morgan fingerprint density at radius 3 is 2.17 bits per heavy atom. The minimum atomic E-state index is -0.0421. The Morgan fingerprint density at radius 2 is 1.57 bits per heavy atom. The van der Waals surface area contributed by atoms with E-state index < -0.39 is 0 Å². The molecule has 6 heteroatoms. The zero-order chi connectivity index (χ0) is 24.8. The predicted octanol–water partition coefficient (Wildman–Crippen LogP) is 6.42. The van der Waals surface area contributed by atoms with Gasteiger partial charge in [-0.05, 0) is 68.8 Å². The molecule has 0 fully saturated rings. The van der Waals surface area contributed by atoms with Crippen molar-refractivity contribution in [2.75, 3.05) is 7.11 Å². The third-order valence-corrected chi connectivity index (χ3v) is 6.14. The normalized spacial score (nSPS) is 11.7. The maximum Gasteiger partial charge on any atom is 0.254 e. The lowest BCUT2D eigenvalue weighted by Crippen LogP contribution is -2.38. The first-order valence-electron chi connectivity index (χ1n) is 11.8. The number of ether oxygens (including phenoxy) is 2. The van der Waals surface area contributed by atoms with Crippen LogP contribution in [0.25, 0.3) is 5.69 Å². The minimum absolute atomic E-state index is 0.0219. The molecule has 180 valence electrons. The van der Waals surface area contributed by atoms with Crippen LogP contribution in [0, 0.1) is 6.92 Å². The van der Waals surface area contributed by atoms with Crippen molar-refractivity contribution in [3.63, 3.8) is 0 Å². The SMILES string of the molecule is CCC(C)N(Cc1c(C)nn(-c2ccccc2)c1Oc1ccccc1)C(=O)c1ccc(OC)cc1. The van der Waals surface area contributed by atoms with Gasteiger partial charge in [0.15, 0.2) is 0 Å². The molecular weight excluding hydrogens is 438 g/mol. The van der Waals surface area contributed by atoms with Crippen LogP contribution in [0.2, 0.25) is 0 Å². The van der Waals surface area contributed by atoms with Gasteiger partial charge in [0.2, 0.25) is 5.88 Å². The van der Waals surface area contributed by atoms with Crippen LogP contribution >= 0.6 is 0 Å². The molecule has 1 amide bonds. The van der Waals surface area contributed by atoms with Crippen LogP contribution in [0.1, 0.15) is 41.9 Å².